The molecule has 0 heterocycles. The molecule has 0 saturated carbocycles. The Hall–Kier alpha value is -2.77. The van der Waals surface area contributed by atoms with Gasteiger partial charge in [0, 0.05) is 10.7 Å². The number of ether oxygens (including phenoxy) is 1. The van der Waals surface area contributed by atoms with Gasteiger partial charge < -0.3 is 10.1 Å². The number of rotatable bonds is 6. The molecule has 2 rings (SSSR count). The lowest BCUT2D eigenvalue weighted by Gasteiger charge is -2.06. The van der Waals surface area contributed by atoms with E-state index in [-0.39, 0.29) is 5.57 Å². The van der Waals surface area contributed by atoms with Crippen molar-refractivity contribution < 1.29 is 9.53 Å². The van der Waals surface area contributed by atoms with E-state index in [0.717, 1.165) is 12.0 Å². The molecule has 2 aromatic carbocycles. The normalized spacial score (nSPS) is 10.8. The van der Waals surface area contributed by atoms with Crippen molar-refractivity contribution in [3.8, 4) is 11.8 Å². The second kappa shape index (κ2) is 8.76. The summed E-state index contributed by atoms with van der Waals surface area (Å²) in [4.78, 5) is 12.2. The topological polar surface area (TPSA) is 62.1 Å². The number of nitrogens with one attached hydrogen (secondary N) is 1. The molecule has 122 valence electrons. The van der Waals surface area contributed by atoms with E-state index in [1.165, 1.54) is 6.08 Å². The first-order chi connectivity index (χ1) is 11.6. The summed E-state index contributed by atoms with van der Waals surface area (Å²) in [5.41, 5.74) is 1.26. The Morgan fingerprint density at radius 2 is 2.08 bits per heavy atom. The fraction of sp³-hybridized carbons (Fsp3) is 0.158. The van der Waals surface area contributed by atoms with Crippen LogP contribution < -0.4 is 10.1 Å². The number of benzene rings is 2. The molecule has 1 amide bonds. The van der Waals surface area contributed by atoms with Crippen LogP contribution in [0.2, 0.25) is 5.02 Å². The molecule has 0 spiro atoms. The third-order valence-electron chi connectivity index (χ3n) is 3.09. The average Bonchev–Trinajstić information content (AvgIpc) is 2.58. The average molecular weight is 341 g/mol. The summed E-state index contributed by atoms with van der Waals surface area (Å²) < 4.78 is 5.55. The lowest BCUT2D eigenvalue weighted by atomic mass is 10.1. The maximum atomic E-state index is 12.2. The molecule has 0 aliphatic heterocycles. The van der Waals surface area contributed by atoms with Crippen molar-refractivity contribution >= 4 is 29.3 Å². The van der Waals surface area contributed by atoms with E-state index >= 15 is 0 Å². The van der Waals surface area contributed by atoms with Crippen LogP contribution in [0.3, 0.4) is 0 Å². The van der Waals surface area contributed by atoms with Crippen molar-refractivity contribution in [3.05, 3.63) is 64.7 Å². The van der Waals surface area contributed by atoms with Gasteiger partial charge in [-0.05, 0) is 48.4 Å². The first kappa shape index (κ1) is 17.6. The third kappa shape index (κ3) is 5.15. The summed E-state index contributed by atoms with van der Waals surface area (Å²) in [7, 11) is 0. The van der Waals surface area contributed by atoms with Crippen molar-refractivity contribution in [2.45, 2.75) is 13.3 Å². The molecule has 0 bridgehead atoms. The number of carbonyl (C=O) groups is 1. The van der Waals surface area contributed by atoms with Crippen LogP contribution in [0.25, 0.3) is 6.08 Å². The number of nitriles is 1. The molecule has 0 fully saturated rings. The molecule has 2 aromatic rings. The Morgan fingerprint density at radius 1 is 1.29 bits per heavy atom. The van der Waals surface area contributed by atoms with E-state index in [2.05, 4.69) is 5.32 Å². The molecular formula is C19H17ClN2O2. The first-order valence-electron chi connectivity index (χ1n) is 7.54. The summed E-state index contributed by atoms with van der Waals surface area (Å²) in [6, 6.07) is 15.9. The van der Waals surface area contributed by atoms with Gasteiger partial charge in [0.1, 0.15) is 17.4 Å². The maximum Gasteiger partial charge on any atom is 0.266 e. The van der Waals surface area contributed by atoms with E-state index in [0.29, 0.717) is 23.1 Å². The number of halogens is 1. The predicted molar refractivity (Wildman–Crippen MR) is 95.9 cm³/mol. The molecule has 4 nitrogen and oxygen atoms in total. The molecule has 0 saturated heterocycles. The molecule has 24 heavy (non-hydrogen) atoms. The van der Waals surface area contributed by atoms with Crippen LogP contribution >= 0.6 is 11.6 Å². The summed E-state index contributed by atoms with van der Waals surface area (Å²) in [6.07, 6.45) is 2.43. The van der Waals surface area contributed by atoms with E-state index in [4.69, 9.17) is 16.3 Å². The van der Waals surface area contributed by atoms with Crippen LogP contribution in [0.1, 0.15) is 18.9 Å². The maximum absolute atomic E-state index is 12.2. The zero-order chi connectivity index (χ0) is 17.4. The lowest BCUT2D eigenvalue weighted by Crippen LogP contribution is -2.13. The highest BCUT2D eigenvalue weighted by Crippen LogP contribution is 2.18. The Morgan fingerprint density at radius 3 is 2.79 bits per heavy atom. The smallest absolute Gasteiger partial charge is 0.266 e. The number of nitrogens with zero attached hydrogens (tertiary/aromatic N) is 1. The third-order valence-corrected chi connectivity index (χ3v) is 3.32. The largest absolute Gasteiger partial charge is 0.494 e. The molecule has 5 heteroatoms. The van der Waals surface area contributed by atoms with Gasteiger partial charge in [-0.1, -0.05) is 36.7 Å². The minimum Gasteiger partial charge on any atom is -0.494 e. The van der Waals surface area contributed by atoms with Gasteiger partial charge in [0.05, 0.1) is 6.61 Å². The minimum atomic E-state index is -0.486. The van der Waals surface area contributed by atoms with E-state index in [1.54, 1.807) is 30.3 Å². The molecule has 0 atom stereocenters. The summed E-state index contributed by atoms with van der Waals surface area (Å²) in [5.74, 6) is 0.220. The lowest BCUT2D eigenvalue weighted by molar-refractivity contribution is -0.112. The standard InChI is InChI=1S/C19H17ClN2O2/c1-2-9-24-18-8-3-5-14(11-18)10-15(13-21)19(23)22-17-7-4-6-16(20)12-17/h3-8,10-12H,2,9H2,1H3,(H,22,23)/b15-10-. The Kier molecular flexibility index (Phi) is 6.41. The van der Waals surface area contributed by atoms with E-state index in [9.17, 15) is 10.1 Å². The molecule has 0 unspecified atom stereocenters. The van der Waals surface area contributed by atoms with Crippen LogP contribution in [0.15, 0.2) is 54.1 Å². The number of hydrogen-bond acceptors (Lipinski definition) is 3. The van der Waals surface area contributed by atoms with Gasteiger partial charge in [-0.25, -0.2) is 0 Å². The first-order valence-corrected chi connectivity index (χ1v) is 7.91. The second-order valence-electron chi connectivity index (χ2n) is 5.06. The summed E-state index contributed by atoms with van der Waals surface area (Å²) in [6.45, 7) is 2.64. The highest BCUT2D eigenvalue weighted by atomic mass is 35.5. The monoisotopic (exact) mass is 340 g/mol. The van der Waals surface area contributed by atoms with Crippen molar-refractivity contribution in [3.63, 3.8) is 0 Å². The Labute approximate surface area is 146 Å². The fourth-order valence-corrected chi connectivity index (χ4v) is 2.18. The van der Waals surface area contributed by atoms with Gasteiger partial charge in [-0.3, -0.25) is 4.79 Å². The zero-order valence-corrected chi connectivity index (χ0v) is 14.0. The highest BCUT2D eigenvalue weighted by molar-refractivity contribution is 6.31. The van der Waals surface area contributed by atoms with Gasteiger partial charge in [0.2, 0.25) is 0 Å². The molecular weight excluding hydrogens is 324 g/mol. The molecule has 0 aliphatic rings. The van der Waals surface area contributed by atoms with Crippen LogP contribution in [-0.2, 0) is 4.79 Å². The van der Waals surface area contributed by atoms with Gasteiger partial charge in [0.25, 0.3) is 5.91 Å². The van der Waals surface area contributed by atoms with Crippen LogP contribution in [-0.4, -0.2) is 12.5 Å². The van der Waals surface area contributed by atoms with Gasteiger partial charge in [-0.15, -0.1) is 0 Å². The van der Waals surface area contributed by atoms with Crippen molar-refractivity contribution in [2.24, 2.45) is 0 Å². The van der Waals surface area contributed by atoms with Gasteiger partial charge in [-0.2, -0.15) is 5.26 Å². The number of hydrogen-bond donors (Lipinski definition) is 1. The van der Waals surface area contributed by atoms with E-state index < -0.39 is 5.91 Å². The van der Waals surface area contributed by atoms with Crippen LogP contribution in [0.5, 0.6) is 5.75 Å². The summed E-state index contributed by atoms with van der Waals surface area (Å²) >= 11 is 5.89. The molecule has 0 aromatic heterocycles. The van der Waals surface area contributed by atoms with Crippen molar-refractivity contribution in [1.29, 1.82) is 5.26 Å². The molecule has 0 aliphatic carbocycles. The quantitative estimate of drug-likeness (QED) is 0.613. The summed E-state index contributed by atoms with van der Waals surface area (Å²) in [5, 5.41) is 12.4. The predicted octanol–water partition coefficient (Wildman–Crippen LogP) is 4.67. The Balaban J connectivity index is 2.16. The second-order valence-corrected chi connectivity index (χ2v) is 5.49. The number of carbonyl (C=O) groups excluding carboxylic acids is 1. The van der Waals surface area contributed by atoms with Crippen molar-refractivity contribution in [2.75, 3.05) is 11.9 Å². The number of amides is 1. The Bertz CT molecular complexity index is 794. The highest BCUT2D eigenvalue weighted by Gasteiger charge is 2.10. The van der Waals surface area contributed by atoms with Gasteiger partial charge in [0.15, 0.2) is 0 Å². The molecule has 0 radical (unpaired) electrons. The fourth-order valence-electron chi connectivity index (χ4n) is 1.99. The molecule has 1 N–H and O–H groups in total. The van der Waals surface area contributed by atoms with E-state index in [1.807, 2.05) is 31.2 Å². The van der Waals surface area contributed by atoms with Crippen molar-refractivity contribution in [1.82, 2.24) is 0 Å². The minimum absolute atomic E-state index is 0.00242. The SMILES string of the molecule is CCCOc1cccc(/C=C(/C#N)C(=O)Nc2cccc(Cl)c2)c1. The van der Waals surface area contributed by atoms with Crippen LogP contribution in [0, 0.1) is 11.3 Å². The van der Waals surface area contributed by atoms with Gasteiger partial charge >= 0.3 is 0 Å². The zero-order valence-electron chi connectivity index (χ0n) is 13.3. The number of anilines is 1. The van der Waals surface area contributed by atoms with Crippen LogP contribution in [0.4, 0.5) is 5.69 Å².